The molecule has 0 bridgehead atoms. The van der Waals surface area contributed by atoms with E-state index in [2.05, 4.69) is 5.32 Å². The van der Waals surface area contributed by atoms with Crippen molar-refractivity contribution in [2.75, 3.05) is 12.4 Å². The number of anilines is 1. The van der Waals surface area contributed by atoms with Crippen LogP contribution in [0.2, 0.25) is 0 Å². The lowest BCUT2D eigenvalue weighted by molar-refractivity contribution is -0.141. The molecule has 0 aromatic heterocycles. The first-order valence-electron chi connectivity index (χ1n) is 9.50. The third kappa shape index (κ3) is 2.30. The lowest BCUT2D eigenvalue weighted by Crippen LogP contribution is -2.47. The van der Waals surface area contributed by atoms with Crippen LogP contribution in [0.1, 0.15) is 27.5 Å². The first-order valence-corrected chi connectivity index (χ1v) is 9.50. The maximum absolute atomic E-state index is 13.6. The second-order valence-corrected chi connectivity index (χ2v) is 7.84. The number of hydrogen-bond acceptors (Lipinski definition) is 4. The molecule has 5 rings (SSSR count). The summed E-state index contributed by atoms with van der Waals surface area (Å²) in [6.07, 6.45) is 0. The predicted octanol–water partition coefficient (Wildman–Crippen LogP) is 1.74. The van der Waals surface area contributed by atoms with Gasteiger partial charge in [-0.25, -0.2) is 0 Å². The number of rotatable bonds is 1. The van der Waals surface area contributed by atoms with E-state index in [4.69, 9.17) is 0 Å². The normalized spacial score (nSPS) is 28.1. The van der Waals surface area contributed by atoms with Gasteiger partial charge in [0.15, 0.2) is 0 Å². The number of fused-ring (bicyclic) bond motifs is 4. The van der Waals surface area contributed by atoms with Crippen LogP contribution in [-0.4, -0.2) is 46.5 Å². The summed E-state index contributed by atoms with van der Waals surface area (Å²) in [6, 6.07) is 12.6. The molecule has 2 saturated heterocycles. The van der Waals surface area contributed by atoms with Gasteiger partial charge in [-0.2, -0.15) is 0 Å². The zero-order valence-corrected chi connectivity index (χ0v) is 16.0. The number of aryl methyl sites for hydroxylation is 1. The molecule has 29 heavy (non-hydrogen) atoms. The van der Waals surface area contributed by atoms with E-state index in [0.717, 1.165) is 16.0 Å². The molecule has 146 valence electrons. The molecule has 7 nitrogen and oxygen atoms in total. The smallest absolute Gasteiger partial charge is 0.257 e. The quantitative estimate of drug-likeness (QED) is 0.753. The summed E-state index contributed by atoms with van der Waals surface area (Å²) in [6.45, 7) is 1.92. The summed E-state index contributed by atoms with van der Waals surface area (Å²) in [4.78, 5) is 55.2. The van der Waals surface area contributed by atoms with Gasteiger partial charge in [0.25, 0.3) is 5.91 Å². The fourth-order valence-electron chi connectivity index (χ4n) is 4.93. The fourth-order valence-corrected chi connectivity index (χ4v) is 4.93. The van der Waals surface area contributed by atoms with Gasteiger partial charge in [0.05, 0.1) is 29.1 Å². The standard InChI is InChI=1S/C22H19N3O4/c1-11-6-5-7-12(10-11)17-15-16(22(29)24(2)21(15)28)18-19(26)23-14-9-4-3-8-13(14)20(27)25(17)18/h3-10,15-18H,1-2H3,(H,23,26)/t15-,16+,17-,18-/m1/s1. The number of benzene rings is 2. The minimum absolute atomic E-state index is 0.353. The first kappa shape index (κ1) is 17.6. The van der Waals surface area contributed by atoms with Crippen molar-refractivity contribution in [3.05, 3.63) is 65.2 Å². The third-order valence-electron chi connectivity index (χ3n) is 6.20. The Labute approximate surface area is 167 Å². The molecule has 3 aliphatic heterocycles. The first-order chi connectivity index (χ1) is 13.9. The van der Waals surface area contributed by atoms with E-state index in [1.54, 1.807) is 24.3 Å². The molecule has 2 aromatic carbocycles. The second kappa shape index (κ2) is 6.01. The highest BCUT2D eigenvalue weighted by molar-refractivity contribution is 6.15. The molecular formula is C22H19N3O4. The molecule has 3 aliphatic rings. The molecule has 7 heteroatoms. The Hall–Kier alpha value is -3.48. The van der Waals surface area contributed by atoms with E-state index in [0.29, 0.717) is 11.3 Å². The maximum atomic E-state index is 13.6. The molecule has 3 heterocycles. The van der Waals surface area contributed by atoms with Crippen LogP contribution in [0.25, 0.3) is 0 Å². The van der Waals surface area contributed by atoms with E-state index in [-0.39, 0.29) is 11.8 Å². The van der Waals surface area contributed by atoms with E-state index in [1.807, 2.05) is 31.2 Å². The van der Waals surface area contributed by atoms with Gasteiger partial charge in [0, 0.05) is 7.05 Å². The van der Waals surface area contributed by atoms with Gasteiger partial charge >= 0.3 is 0 Å². The van der Waals surface area contributed by atoms with Crippen molar-refractivity contribution in [2.24, 2.45) is 11.8 Å². The van der Waals surface area contributed by atoms with Gasteiger partial charge < -0.3 is 10.2 Å². The lowest BCUT2D eigenvalue weighted by atomic mass is 9.86. The molecule has 4 atom stereocenters. The molecule has 0 radical (unpaired) electrons. The Kier molecular flexibility index (Phi) is 3.65. The van der Waals surface area contributed by atoms with Crippen LogP contribution in [0.4, 0.5) is 5.69 Å². The third-order valence-corrected chi connectivity index (χ3v) is 6.20. The van der Waals surface area contributed by atoms with Crippen LogP contribution in [0.15, 0.2) is 48.5 Å². The number of nitrogens with zero attached hydrogens (tertiary/aromatic N) is 2. The Morgan fingerprint density at radius 1 is 0.862 bits per heavy atom. The van der Waals surface area contributed by atoms with Gasteiger partial charge in [0.2, 0.25) is 17.7 Å². The van der Waals surface area contributed by atoms with Crippen LogP contribution in [0.3, 0.4) is 0 Å². The van der Waals surface area contributed by atoms with Crippen molar-refractivity contribution in [1.82, 2.24) is 9.80 Å². The highest BCUT2D eigenvalue weighted by Gasteiger charge is 2.65. The Morgan fingerprint density at radius 3 is 2.28 bits per heavy atom. The molecule has 0 spiro atoms. The number of para-hydroxylation sites is 1. The minimum atomic E-state index is -1.04. The molecule has 4 amide bonds. The average molecular weight is 389 g/mol. The number of nitrogens with one attached hydrogen (secondary N) is 1. The minimum Gasteiger partial charge on any atom is -0.324 e. The number of hydrogen-bond donors (Lipinski definition) is 1. The maximum Gasteiger partial charge on any atom is 0.257 e. The number of carbonyl (C=O) groups excluding carboxylic acids is 4. The van der Waals surface area contributed by atoms with Crippen LogP contribution in [0.5, 0.6) is 0 Å². The van der Waals surface area contributed by atoms with E-state index in [9.17, 15) is 19.2 Å². The predicted molar refractivity (Wildman–Crippen MR) is 104 cm³/mol. The van der Waals surface area contributed by atoms with E-state index in [1.165, 1.54) is 11.9 Å². The summed E-state index contributed by atoms with van der Waals surface area (Å²) in [7, 11) is 1.44. The molecule has 0 saturated carbocycles. The summed E-state index contributed by atoms with van der Waals surface area (Å²) in [5, 5.41) is 2.79. The zero-order chi connectivity index (χ0) is 20.4. The number of likely N-dealkylation sites (tertiary alicyclic amines) is 1. The molecular weight excluding hydrogens is 370 g/mol. The second-order valence-electron chi connectivity index (χ2n) is 7.84. The lowest BCUT2D eigenvalue weighted by Gasteiger charge is -2.31. The average Bonchev–Trinajstić information content (AvgIpc) is 3.13. The number of carbonyl (C=O) groups is 4. The van der Waals surface area contributed by atoms with Crippen LogP contribution in [-0.2, 0) is 14.4 Å². The summed E-state index contributed by atoms with van der Waals surface area (Å²) in [5.41, 5.74) is 2.50. The summed E-state index contributed by atoms with van der Waals surface area (Å²) >= 11 is 0. The van der Waals surface area contributed by atoms with Gasteiger partial charge in [-0.3, -0.25) is 24.1 Å². The number of amides is 4. The summed E-state index contributed by atoms with van der Waals surface area (Å²) in [5.74, 6) is -3.24. The van der Waals surface area contributed by atoms with Gasteiger partial charge in [-0.05, 0) is 24.6 Å². The van der Waals surface area contributed by atoms with Gasteiger partial charge in [-0.15, -0.1) is 0 Å². The Morgan fingerprint density at radius 2 is 1.55 bits per heavy atom. The van der Waals surface area contributed by atoms with Crippen molar-refractivity contribution >= 4 is 29.3 Å². The Balaban J connectivity index is 1.75. The van der Waals surface area contributed by atoms with Crippen molar-refractivity contribution in [3.63, 3.8) is 0 Å². The summed E-state index contributed by atoms with van der Waals surface area (Å²) < 4.78 is 0. The van der Waals surface area contributed by atoms with Crippen molar-refractivity contribution in [3.8, 4) is 0 Å². The molecule has 2 fully saturated rings. The molecule has 0 unspecified atom stereocenters. The van der Waals surface area contributed by atoms with Gasteiger partial charge in [0.1, 0.15) is 6.04 Å². The molecule has 1 N–H and O–H groups in total. The zero-order valence-electron chi connectivity index (χ0n) is 16.0. The van der Waals surface area contributed by atoms with Crippen LogP contribution in [0, 0.1) is 18.8 Å². The molecule has 0 aliphatic carbocycles. The number of imide groups is 1. The fraction of sp³-hybridized carbons (Fsp3) is 0.273. The van der Waals surface area contributed by atoms with Crippen LogP contribution >= 0.6 is 0 Å². The SMILES string of the molecule is Cc1cccc([C@@H]2[C@@H]3C(=O)N(C)C(=O)[C@@H]3[C@@H]3C(=O)Nc4ccccc4C(=O)N23)c1. The highest BCUT2D eigenvalue weighted by Crippen LogP contribution is 2.51. The van der Waals surface area contributed by atoms with Crippen LogP contribution < -0.4 is 5.32 Å². The molecule has 2 aromatic rings. The highest BCUT2D eigenvalue weighted by atomic mass is 16.2. The van der Waals surface area contributed by atoms with Crippen molar-refractivity contribution in [2.45, 2.75) is 19.0 Å². The van der Waals surface area contributed by atoms with Crippen molar-refractivity contribution < 1.29 is 19.2 Å². The van der Waals surface area contributed by atoms with E-state index < -0.39 is 35.7 Å². The monoisotopic (exact) mass is 389 g/mol. The topological polar surface area (TPSA) is 86.8 Å². The van der Waals surface area contributed by atoms with Crippen molar-refractivity contribution in [1.29, 1.82) is 0 Å². The largest absolute Gasteiger partial charge is 0.324 e. The van der Waals surface area contributed by atoms with E-state index >= 15 is 0 Å². The Bertz CT molecular complexity index is 1090. The van der Waals surface area contributed by atoms with Gasteiger partial charge in [-0.1, -0.05) is 42.0 Å².